The number of sulfone groups is 1. The molecule has 1 aliphatic rings. The maximum atomic E-state index is 11.2. The van der Waals surface area contributed by atoms with Crippen LogP contribution in [0.25, 0.3) is 0 Å². The molecule has 1 aliphatic heterocycles. The SMILES string of the molecule is NCC1(CS(N)(=O)=O)CCS(=O)(=O)CC1. The highest BCUT2D eigenvalue weighted by molar-refractivity contribution is 7.91. The molecule has 0 bridgehead atoms. The first-order valence-electron chi connectivity index (χ1n) is 4.59. The third-order valence-electron chi connectivity index (χ3n) is 2.83. The van der Waals surface area contributed by atoms with Crippen molar-refractivity contribution in [2.75, 3.05) is 23.8 Å². The molecule has 0 spiro atoms. The Bertz CT molecular complexity index is 412. The summed E-state index contributed by atoms with van der Waals surface area (Å²) in [6.07, 6.45) is 0.560. The van der Waals surface area contributed by atoms with E-state index in [1.165, 1.54) is 0 Å². The molecular weight excluding hydrogens is 240 g/mol. The molecule has 0 aliphatic carbocycles. The minimum absolute atomic E-state index is 0.000278. The molecule has 0 aromatic rings. The van der Waals surface area contributed by atoms with Gasteiger partial charge < -0.3 is 5.73 Å². The zero-order valence-corrected chi connectivity index (χ0v) is 9.98. The predicted molar refractivity (Wildman–Crippen MR) is 57.3 cm³/mol. The number of primary sulfonamides is 1. The van der Waals surface area contributed by atoms with Gasteiger partial charge in [0.05, 0.1) is 17.3 Å². The maximum absolute atomic E-state index is 11.2. The second-order valence-corrected chi connectivity index (χ2v) is 8.08. The number of sulfonamides is 1. The van der Waals surface area contributed by atoms with Crippen LogP contribution in [0.2, 0.25) is 0 Å². The van der Waals surface area contributed by atoms with Crippen LogP contribution in [0.3, 0.4) is 0 Å². The van der Waals surface area contributed by atoms with E-state index < -0.39 is 25.3 Å². The van der Waals surface area contributed by atoms with E-state index in [-0.39, 0.29) is 36.6 Å². The second kappa shape index (κ2) is 4.00. The van der Waals surface area contributed by atoms with Crippen molar-refractivity contribution in [3.63, 3.8) is 0 Å². The molecule has 8 heteroatoms. The lowest BCUT2D eigenvalue weighted by Crippen LogP contribution is -2.45. The lowest BCUT2D eigenvalue weighted by atomic mass is 9.84. The first-order valence-corrected chi connectivity index (χ1v) is 8.13. The summed E-state index contributed by atoms with van der Waals surface area (Å²) in [6.45, 7) is 0.152. The molecule has 4 N–H and O–H groups in total. The first kappa shape index (κ1) is 12.9. The largest absolute Gasteiger partial charge is 0.330 e. The summed E-state index contributed by atoms with van der Waals surface area (Å²) in [4.78, 5) is 0. The molecule has 0 saturated carbocycles. The lowest BCUT2D eigenvalue weighted by Gasteiger charge is -2.34. The van der Waals surface area contributed by atoms with Crippen LogP contribution >= 0.6 is 0 Å². The minimum Gasteiger partial charge on any atom is -0.330 e. The predicted octanol–water partition coefficient (Wildman–Crippen LogP) is -1.57. The normalized spacial score (nSPS) is 24.9. The fraction of sp³-hybridized carbons (Fsp3) is 1.00. The van der Waals surface area contributed by atoms with Crippen LogP contribution in [0.1, 0.15) is 12.8 Å². The van der Waals surface area contributed by atoms with Gasteiger partial charge in [0, 0.05) is 0 Å². The monoisotopic (exact) mass is 256 g/mol. The molecule has 0 atom stereocenters. The van der Waals surface area contributed by atoms with Gasteiger partial charge in [-0.25, -0.2) is 22.0 Å². The Morgan fingerprint density at radius 3 is 2.00 bits per heavy atom. The Balaban J connectivity index is 2.82. The van der Waals surface area contributed by atoms with Crippen molar-refractivity contribution in [3.8, 4) is 0 Å². The van der Waals surface area contributed by atoms with Crippen molar-refractivity contribution in [3.05, 3.63) is 0 Å². The number of rotatable bonds is 3. The van der Waals surface area contributed by atoms with E-state index in [0.717, 1.165) is 0 Å². The smallest absolute Gasteiger partial charge is 0.209 e. The molecule has 0 amide bonds. The highest BCUT2D eigenvalue weighted by atomic mass is 32.2. The van der Waals surface area contributed by atoms with Gasteiger partial charge in [-0.15, -0.1) is 0 Å². The Morgan fingerprint density at radius 2 is 1.67 bits per heavy atom. The molecule has 6 nitrogen and oxygen atoms in total. The van der Waals surface area contributed by atoms with Crippen molar-refractivity contribution >= 4 is 19.9 Å². The van der Waals surface area contributed by atoms with Crippen molar-refractivity contribution in [1.29, 1.82) is 0 Å². The summed E-state index contributed by atoms with van der Waals surface area (Å²) in [5.41, 5.74) is 4.87. The van der Waals surface area contributed by atoms with Gasteiger partial charge in [-0.3, -0.25) is 0 Å². The molecule has 0 unspecified atom stereocenters. The molecule has 15 heavy (non-hydrogen) atoms. The van der Waals surface area contributed by atoms with E-state index in [1.54, 1.807) is 0 Å². The number of hydrogen-bond donors (Lipinski definition) is 2. The standard InChI is InChI=1S/C7H16N2O4S2/c8-5-7(6-15(9,12)13)1-3-14(10,11)4-2-7/h1-6,8H2,(H2,9,12,13). The van der Waals surface area contributed by atoms with E-state index in [0.29, 0.717) is 0 Å². The van der Waals surface area contributed by atoms with Crippen molar-refractivity contribution < 1.29 is 16.8 Å². The molecule has 1 heterocycles. The van der Waals surface area contributed by atoms with Crippen molar-refractivity contribution in [2.24, 2.45) is 16.3 Å². The Hall–Kier alpha value is -0.180. The van der Waals surface area contributed by atoms with Crippen LogP contribution in [-0.4, -0.2) is 40.6 Å². The average Bonchev–Trinajstić information content (AvgIpc) is 2.07. The van der Waals surface area contributed by atoms with Gasteiger partial charge in [0.15, 0.2) is 0 Å². The quantitative estimate of drug-likeness (QED) is 0.632. The van der Waals surface area contributed by atoms with Crippen LogP contribution in [0.5, 0.6) is 0 Å². The van der Waals surface area contributed by atoms with Crippen LogP contribution in [0.4, 0.5) is 0 Å². The van der Waals surface area contributed by atoms with Gasteiger partial charge >= 0.3 is 0 Å². The van der Waals surface area contributed by atoms with Crippen LogP contribution in [0.15, 0.2) is 0 Å². The Labute approximate surface area is 90.0 Å². The second-order valence-electron chi connectivity index (χ2n) is 4.16. The molecule has 0 aromatic carbocycles. The van der Waals surface area contributed by atoms with E-state index in [2.05, 4.69) is 0 Å². The fourth-order valence-electron chi connectivity index (χ4n) is 1.81. The zero-order chi connectivity index (χ0) is 11.7. The van der Waals surface area contributed by atoms with Gasteiger partial charge in [-0.2, -0.15) is 0 Å². The van der Waals surface area contributed by atoms with Crippen LogP contribution < -0.4 is 10.9 Å². The summed E-state index contributed by atoms with van der Waals surface area (Å²) in [5, 5.41) is 4.96. The summed E-state index contributed by atoms with van der Waals surface area (Å²) in [7, 11) is -6.62. The number of nitrogens with two attached hydrogens (primary N) is 2. The molecule has 90 valence electrons. The van der Waals surface area contributed by atoms with Crippen molar-refractivity contribution in [1.82, 2.24) is 0 Å². The Morgan fingerprint density at radius 1 is 1.20 bits per heavy atom. The van der Waals surface area contributed by atoms with Crippen LogP contribution in [0, 0.1) is 5.41 Å². The third-order valence-corrected chi connectivity index (χ3v) is 5.49. The van der Waals surface area contributed by atoms with Gasteiger partial charge in [0.1, 0.15) is 9.84 Å². The summed E-state index contributed by atoms with van der Waals surface area (Å²) in [6, 6.07) is 0. The van der Waals surface area contributed by atoms with Gasteiger partial charge in [-0.05, 0) is 24.8 Å². The molecule has 1 saturated heterocycles. The molecule has 0 aromatic heterocycles. The minimum atomic E-state index is -3.61. The molecule has 1 rings (SSSR count). The molecular formula is C7H16N2O4S2. The first-order chi connectivity index (χ1) is 6.68. The highest BCUT2D eigenvalue weighted by Crippen LogP contribution is 2.32. The van der Waals surface area contributed by atoms with E-state index in [1.807, 2.05) is 0 Å². The topological polar surface area (TPSA) is 120 Å². The highest BCUT2D eigenvalue weighted by Gasteiger charge is 2.38. The summed E-state index contributed by atoms with van der Waals surface area (Å²) >= 11 is 0. The molecule has 0 radical (unpaired) electrons. The van der Waals surface area contributed by atoms with Crippen LogP contribution in [-0.2, 0) is 19.9 Å². The van der Waals surface area contributed by atoms with E-state index in [9.17, 15) is 16.8 Å². The number of hydrogen-bond acceptors (Lipinski definition) is 5. The third kappa shape index (κ3) is 3.71. The van der Waals surface area contributed by atoms with E-state index >= 15 is 0 Å². The zero-order valence-electron chi connectivity index (χ0n) is 8.35. The summed E-state index contributed by atoms with van der Waals surface area (Å²) in [5.74, 6) is -0.231. The molecule has 1 fully saturated rings. The summed E-state index contributed by atoms with van der Waals surface area (Å²) < 4.78 is 44.4. The van der Waals surface area contributed by atoms with Gasteiger partial charge in [0.2, 0.25) is 10.0 Å². The van der Waals surface area contributed by atoms with Gasteiger partial charge in [-0.1, -0.05) is 0 Å². The van der Waals surface area contributed by atoms with E-state index in [4.69, 9.17) is 10.9 Å². The fourth-order valence-corrected chi connectivity index (χ4v) is 4.76. The van der Waals surface area contributed by atoms with Crippen molar-refractivity contribution in [2.45, 2.75) is 12.8 Å². The van der Waals surface area contributed by atoms with Gasteiger partial charge in [0.25, 0.3) is 0 Å². The lowest BCUT2D eigenvalue weighted by molar-refractivity contribution is 0.303. The maximum Gasteiger partial charge on any atom is 0.209 e. The Kier molecular flexibility index (Phi) is 3.44. The average molecular weight is 256 g/mol.